The molecule has 25 heavy (non-hydrogen) atoms. The van der Waals surface area contributed by atoms with E-state index in [1.54, 1.807) is 6.92 Å². The summed E-state index contributed by atoms with van der Waals surface area (Å²) < 4.78 is 0. The third-order valence-corrected chi connectivity index (χ3v) is 5.29. The summed E-state index contributed by atoms with van der Waals surface area (Å²) in [5, 5.41) is 9.62. The van der Waals surface area contributed by atoms with Crippen molar-refractivity contribution in [3.8, 4) is 0 Å². The van der Waals surface area contributed by atoms with Gasteiger partial charge in [-0.15, -0.1) is 0 Å². The number of likely N-dealkylation sites (tertiary alicyclic amines) is 2. The molecule has 2 aliphatic rings. The summed E-state index contributed by atoms with van der Waals surface area (Å²) in [6, 6.07) is 0. The highest BCUT2D eigenvalue weighted by molar-refractivity contribution is 5.78. The smallest absolute Gasteiger partial charge is 0.254 e. The average Bonchev–Trinajstić information content (AvgIpc) is 3.10. The number of aliphatic hydroxyl groups is 1. The standard InChI is InChI=1S/C18H28N4O3/c1-13-19-8-16(18(25)20-13)7-17(24)22-10-14(6-15(11-22)12-23)9-21-4-2-3-5-21/h8,14-15,23H,2-7,9-12H2,1H3,(H,19,20,25)/t14-,15-/m1/s1. The van der Waals surface area contributed by atoms with Crippen LogP contribution < -0.4 is 5.56 Å². The maximum atomic E-state index is 12.7. The summed E-state index contributed by atoms with van der Waals surface area (Å²) in [6.07, 6.45) is 5.02. The van der Waals surface area contributed by atoms with Gasteiger partial charge in [0.1, 0.15) is 5.82 Å². The number of aromatic nitrogens is 2. The van der Waals surface area contributed by atoms with Crippen molar-refractivity contribution in [2.75, 3.05) is 39.3 Å². The van der Waals surface area contributed by atoms with E-state index in [4.69, 9.17) is 0 Å². The van der Waals surface area contributed by atoms with Crippen LogP contribution >= 0.6 is 0 Å². The molecule has 2 fully saturated rings. The maximum Gasteiger partial charge on any atom is 0.254 e. The van der Waals surface area contributed by atoms with Crippen LogP contribution in [0.4, 0.5) is 0 Å². The first kappa shape index (κ1) is 18.1. The van der Waals surface area contributed by atoms with Crippen LogP contribution in [0.25, 0.3) is 0 Å². The number of piperidine rings is 1. The molecule has 3 heterocycles. The summed E-state index contributed by atoms with van der Waals surface area (Å²) in [4.78, 5) is 35.7. The molecule has 0 aliphatic carbocycles. The van der Waals surface area contributed by atoms with Gasteiger partial charge in [0.05, 0.1) is 6.42 Å². The van der Waals surface area contributed by atoms with E-state index in [1.165, 1.54) is 19.0 Å². The van der Waals surface area contributed by atoms with E-state index in [2.05, 4.69) is 14.9 Å². The van der Waals surface area contributed by atoms with Crippen molar-refractivity contribution >= 4 is 5.91 Å². The second-order valence-corrected chi connectivity index (χ2v) is 7.46. The molecule has 138 valence electrons. The highest BCUT2D eigenvalue weighted by Gasteiger charge is 2.31. The van der Waals surface area contributed by atoms with Crippen LogP contribution in [0.15, 0.2) is 11.0 Å². The van der Waals surface area contributed by atoms with Crippen LogP contribution in [-0.2, 0) is 11.2 Å². The fraction of sp³-hybridized carbons (Fsp3) is 0.722. The fourth-order valence-electron chi connectivity index (χ4n) is 4.03. The highest BCUT2D eigenvalue weighted by Crippen LogP contribution is 2.24. The molecule has 0 saturated carbocycles. The monoisotopic (exact) mass is 348 g/mol. The number of rotatable bonds is 5. The number of aliphatic hydroxyl groups excluding tert-OH is 1. The number of amides is 1. The van der Waals surface area contributed by atoms with Gasteiger partial charge in [0.2, 0.25) is 5.91 Å². The zero-order chi connectivity index (χ0) is 17.8. The average molecular weight is 348 g/mol. The molecule has 2 aliphatic heterocycles. The van der Waals surface area contributed by atoms with E-state index in [9.17, 15) is 14.7 Å². The van der Waals surface area contributed by atoms with Gasteiger partial charge < -0.3 is 19.9 Å². The maximum absolute atomic E-state index is 12.7. The van der Waals surface area contributed by atoms with Crippen molar-refractivity contribution in [2.24, 2.45) is 11.8 Å². The van der Waals surface area contributed by atoms with Crippen LogP contribution in [0.5, 0.6) is 0 Å². The van der Waals surface area contributed by atoms with Crippen molar-refractivity contribution in [2.45, 2.75) is 32.6 Å². The first-order chi connectivity index (χ1) is 12.0. The lowest BCUT2D eigenvalue weighted by atomic mass is 9.89. The van der Waals surface area contributed by atoms with E-state index in [1.807, 2.05) is 4.90 Å². The van der Waals surface area contributed by atoms with Gasteiger partial charge in [0.15, 0.2) is 0 Å². The van der Waals surface area contributed by atoms with Crippen molar-refractivity contribution in [3.63, 3.8) is 0 Å². The number of hydrogen-bond acceptors (Lipinski definition) is 5. The van der Waals surface area contributed by atoms with E-state index < -0.39 is 0 Å². The van der Waals surface area contributed by atoms with Gasteiger partial charge in [-0.05, 0) is 51.1 Å². The minimum absolute atomic E-state index is 0.0549. The second kappa shape index (κ2) is 8.10. The van der Waals surface area contributed by atoms with Gasteiger partial charge in [-0.3, -0.25) is 9.59 Å². The lowest BCUT2D eigenvalue weighted by Gasteiger charge is -2.38. The molecular formula is C18H28N4O3. The van der Waals surface area contributed by atoms with E-state index in [0.717, 1.165) is 26.1 Å². The van der Waals surface area contributed by atoms with Gasteiger partial charge in [0.25, 0.3) is 5.56 Å². The molecule has 0 spiro atoms. The number of carbonyl (C=O) groups is 1. The van der Waals surface area contributed by atoms with Crippen molar-refractivity contribution in [1.82, 2.24) is 19.8 Å². The van der Waals surface area contributed by atoms with Crippen LogP contribution in [0, 0.1) is 18.8 Å². The molecule has 7 heteroatoms. The van der Waals surface area contributed by atoms with Crippen molar-refractivity contribution in [3.05, 3.63) is 27.9 Å². The number of H-pyrrole nitrogens is 1. The number of aryl methyl sites for hydroxylation is 1. The van der Waals surface area contributed by atoms with E-state index in [-0.39, 0.29) is 30.4 Å². The summed E-state index contributed by atoms with van der Waals surface area (Å²) >= 11 is 0. The SMILES string of the molecule is Cc1ncc(CC(=O)N2C[C@H](CO)C[C@H](CN3CCCC3)C2)c(=O)[nH]1. The summed E-state index contributed by atoms with van der Waals surface area (Å²) in [5.74, 6) is 1.01. The predicted octanol–water partition coefficient (Wildman–Crippen LogP) is 0.174. The molecule has 2 saturated heterocycles. The molecule has 3 rings (SSSR count). The Bertz CT molecular complexity index is 654. The molecule has 1 amide bonds. The first-order valence-corrected chi connectivity index (χ1v) is 9.21. The van der Waals surface area contributed by atoms with Crippen molar-refractivity contribution < 1.29 is 9.90 Å². The first-order valence-electron chi connectivity index (χ1n) is 9.21. The van der Waals surface area contributed by atoms with E-state index in [0.29, 0.717) is 30.4 Å². The Hall–Kier alpha value is -1.73. The molecule has 0 bridgehead atoms. The van der Waals surface area contributed by atoms with Crippen LogP contribution in [-0.4, -0.2) is 70.1 Å². The lowest BCUT2D eigenvalue weighted by Crippen LogP contribution is -2.48. The molecule has 2 N–H and O–H groups in total. The zero-order valence-electron chi connectivity index (χ0n) is 14.9. The van der Waals surface area contributed by atoms with E-state index >= 15 is 0 Å². The third-order valence-electron chi connectivity index (χ3n) is 5.29. The van der Waals surface area contributed by atoms with Crippen LogP contribution in [0.3, 0.4) is 0 Å². The van der Waals surface area contributed by atoms with Gasteiger partial charge in [-0.2, -0.15) is 0 Å². The molecule has 0 radical (unpaired) electrons. The normalized spacial score (nSPS) is 24.6. The van der Waals surface area contributed by atoms with Crippen LogP contribution in [0.1, 0.15) is 30.7 Å². The quantitative estimate of drug-likeness (QED) is 0.792. The van der Waals surface area contributed by atoms with Crippen molar-refractivity contribution in [1.29, 1.82) is 0 Å². The number of aromatic amines is 1. The minimum Gasteiger partial charge on any atom is -0.396 e. The lowest BCUT2D eigenvalue weighted by molar-refractivity contribution is -0.134. The van der Waals surface area contributed by atoms with Crippen LogP contribution in [0.2, 0.25) is 0 Å². The Morgan fingerprint density at radius 1 is 1.32 bits per heavy atom. The number of nitrogens with one attached hydrogen (secondary N) is 1. The van der Waals surface area contributed by atoms with Gasteiger partial charge in [-0.1, -0.05) is 0 Å². The Morgan fingerprint density at radius 2 is 2.04 bits per heavy atom. The molecule has 1 aromatic rings. The molecule has 1 aromatic heterocycles. The largest absolute Gasteiger partial charge is 0.396 e. The Kier molecular flexibility index (Phi) is 5.86. The predicted molar refractivity (Wildman–Crippen MR) is 94.2 cm³/mol. The fourth-order valence-corrected chi connectivity index (χ4v) is 4.03. The number of nitrogens with zero attached hydrogens (tertiary/aromatic N) is 3. The highest BCUT2D eigenvalue weighted by atomic mass is 16.3. The Morgan fingerprint density at radius 3 is 2.72 bits per heavy atom. The summed E-state index contributed by atoms with van der Waals surface area (Å²) in [6.45, 7) is 6.37. The molecule has 0 unspecified atom stereocenters. The van der Waals surface area contributed by atoms with Gasteiger partial charge in [-0.25, -0.2) is 4.98 Å². The number of hydrogen-bond donors (Lipinski definition) is 2. The molecule has 0 aromatic carbocycles. The second-order valence-electron chi connectivity index (χ2n) is 7.46. The Labute approximate surface area is 148 Å². The third kappa shape index (κ3) is 4.67. The summed E-state index contributed by atoms with van der Waals surface area (Å²) in [5.41, 5.74) is 0.156. The molecular weight excluding hydrogens is 320 g/mol. The zero-order valence-corrected chi connectivity index (χ0v) is 14.9. The molecule has 7 nitrogen and oxygen atoms in total. The van der Waals surface area contributed by atoms with Gasteiger partial charge >= 0.3 is 0 Å². The van der Waals surface area contributed by atoms with Gasteiger partial charge in [0, 0.05) is 38.0 Å². The molecule has 2 atom stereocenters. The topological polar surface area (TPSA) is 89.5 Å². The minimum atomic E-state index is -0.245. The number of carbonyl (C=O) groups excluding carboxylic acids is 1. The summed E-state index contributed by atoms with van der Waals surface area (Å²) in [7, 11) is 0. The Balaban J connectivity index is 1.64.